The average Bonchev–Trinajstić information content (AvgIpc) is 2.79. The number of aromatic nitrogens is 2. The molecular weight excluding hydrogens is 422 g/mol. The van der Waals surface area contributed by atoms with E-state index in [0.29, 0.717) is 23.1 Å². The summed E-state index contributed by atoms with van der Waals surface area (Å²) in [5, 5.41) is 12.3. The van der Waals surface area contributed by atoms with Gasteiger partial charge in [0.1, 0.15) is 5.75 Å². The molecule has 4 rings (SSSR count). The Bertz CT molecular complexity index is 1140. The molecule has 0 unspecified atom stereocenters. The van der Waals surface area contributed by atoms with E-state index < -0.39 is 10.8 Å². The number of nitrogens with zero attached hydrogens (tertiary/aromatic N) is 4. The summed E-state index contributed by atoms with van der Waals surface area (Å²) < 4.78 is 17.5. The molecule has 0 spiro atoms. The average molecular weight is 448 g/mol. The van der Waals surface area contributed by atoms with Crippen LogP contribution in [0, 0.1) is 25.2 Å². The van der Waals surface area contributed by atoms with E-state index in [4.69, 9.17) is 10.00 Å². The predicted molar refractivity (Wildman–Crippen MR) is 126 cm³/mol. The van der Waals surface area contributed by atoms with E-state index in [9.17, 15) is 4.21 Å². The van der Waals surface area contributed by atoms with Gasteiger partial charge in [0.2, 0.25) is 11.8 Å². The molecule has 164 valence electrons. The first-order valence-electron chi connectivity index (χ1n) is 10.5. The zero-order valence-corrected chi connectivity index (χ0v) is 19.0. The first kappa shape index (κ1) is 21.9. The molecule has 32 heavy (non-hydrogen) atoms. The molecule has 0 bridgehead atoms. The van der Waals surface area contributed by atoms with Gasteiger partial charge in [-0.3, -0.25) is 9.11 Å². The third-order valence-electron chi connectivity index (χ3n) is 5.31. The van der Waals surface area contributed by atoms with Crippen LogP contribution in [0.4, 0.5) is 11.6 Å². The molecular formula is C24H25N5O2S. The molecule has 8 heteroatoms. The Morgan fingerprint density at radius 2 is 1.81 bits per heavy atom. The minimum atomic E-state index is -0.653. The Hall–Kier alpha value is -3.28. The van der Waals surface area contributed by atoms with E-state index in [1.165, 1.54) is 5.56 Å². The lowest BCUT2D eigenvalue weighted by atomic mass is 10.1. The molecule has 1 fully saturated rings. The van der Waals surface area contributed by atoms with Gasteiger partial charge in [-0.15, -0.1) is 0 Å². The lowest BCUT2D eigenvalue weighted by Crippen LogP contribution is -2.37. The van der Waals surface area contributed by atoms with E-state index >= 15 is 0 Å². The van der Waals surface area contributed by atoms with Crippen molar-refractivity contribution in [2.75, 3.05) is 29.9 Å². The van der Waals surface area contributed by atoms with Gasteiger partial charge < -0.3 is 10.1 Å². The number of ether oxygens (including phenoxy) is 1. The van der Waals surface area contributed by atoms with Crippen LogP contribution in [-0.4, -0.2) is 43.7 Å². The summed E-state index contributed by atoms with van der Waals surface area (Å²) in [6, 6.07) is 15.6. The molecule has 1 aromatic heterocycles. The van der Waals surface area contributed by atoms with Gasteiger partial charge >= 0.3 is 0 Å². The molecule has 1 N–H and O–H groups in total. The third-order valence-corrected chi connectivity index (χ3v) is 6.59. The predicted octanol–water partition coefficient (Wildman–Crippen LogP) is 4.07. The molecule has 0 atom stereocenters. The number of benzene rings is 2. The smallest absolute Gasteiger partial charge is 0.230 e. The Morgan fingerprint density at radius 1 is 1.12 bits per heavy atom. The minimum Gasteiger partial charge on any atom is -0.438 e. The van der Waals surface area contributed by atoms with Crippen molar-refractivity contribution in [2.24, 2.45) is 0 Å². The zero-order chi connectivity index (χ0) is 22.5. The van der Waals surface area contributed by atoms with Crippen molar-refractivity contribution in [1.82, 2.24) is 14.9 Å². The highest BCUT2D eigenvalue weighted by atomic mass is 32.2. The van der Waals surface area contributed by atoms with Crippen molar-refractivity contribution in [3.05, 3.63) is 70.9 Å². The van der Waals surface area contributed by atoms with Crippen molar-refractivity contribution >= 4 is 22.4 Å². The van der Waals surface area contributed by atoms with Crippen LogP contribution in [0.15, 0.2) is 48.7 Å². The Balaban J connectivity index is 1.41. The molecule has 1 aliphatic rings. The second-order valence-corrected chi connectivity index (χ2v) is 9.51. The molecule has 0 aliphatic carbocycles. The minimum absolute atomic E-state index is 0.428. The van der Waals surface area contributed by atoms with Crippen LogP contribution in [0.3, 0.4) is 0 Å². The van der Waals surface area contributed by atoms with Gasteiger partial charge in [0.25, 0.3) is 0 Å². The van der Waals surface area contributed by atoms with Crippen LogP contribution < -0.4 is 10.1 Å². The number of rotatable bonds is 6. The number of hydrogen-bond donors (Lipinski definition) is 1. The van der Waals surface area contributed by atoms with Gasteiger partial charge in [0.05, 0.1) is 11.6 Å². The molecule has 2 aromatic carbocycles. The number of anilines is 2. The summed E-state index contributed by atoms with van der Waals surface area (Å²) in [7, 11) is -0.653. The maximum atomic E-state index is 11.5. The van der Waals surface area contributed by atoms with E-state index in [1.54, 1.807) is 24.4 Å². The van der Waals surface area contributed by atoms with Gasteiger partial charge in [0, 0.05) is 59.9 Å². The molecule has 1 saturated heterocycles. The Morgan fingerprint density at radius 3 is 2.47 bits per heavy atom. The van der Waals surface area contributed by atoms with Crippen molar-refractivity contribution in [1.29, 1.82) is 5.26 Å². The summed E-state index contributed by atoms with van der Waals surface area (Å²) in [6.07, 6.45) is 1.65. The van der Waals surface area contributed by atoms with Crippen LogP contribution in [0.25, 0.3) is 0 Å². The molecule has 0 amide bonds. The number of nitriles is 1. The highest BCUT2D eigenvalue weighted by molar-refractivity contribution is 7.85. The SMILES string of the molecule is Cc1cc(C#N)cc(C)c1Oc1ccnc(Nc2ccc(CN3CCS(=O)CC3)cc2)n1. The van der Waals surface area contributed by atoms with Gasteiger partial charge in [-0.1, -0.05) is 12.1 Å². The second-order valence-electron chi connectivity index (χ2n) is 7.82. The maximum absolute atomic E-state index is 11.5. The fourth-order valence-corrected chi connectivity index (χ4v) is 4.78. The molecule has 0 radical (unpaired) electrons. The van der Waals surface area contributed by atoms with Crippen LogP contribution >= 0.6 is 0 Å². The van der Waals surface area contributed by atoms with Crippen molar-refractivity contribution < 1.29 is 8.95 Å². The maximum Gasteiger partial charge on any atom is 0.230 e. The summed E-state index contributed by atoms with van der Waals surface area (Å²) in [5.74, 6) is 3.09. The van der Waals surface area contributed by atoms with E-state index in [0.717, 1.165) is 48.0 Å². The Kier molecular flexibility index (Phi) is 6.78. The largest absolute Gasteiger partial charge is 0.438 e. The normalized spacial score (nSPS) is 14.7. The number of aryl methyl sites for hydroxylation is 2. The third kappa shape index (κ3) is 5.49. The quantitative estimate of drug-likeness (QED) is 0.609. The molecule has 3 aromatic rings. The van der Waals surface area contributed by atoms with Gasteiger partial charge in [-0.05, 0) is 54.8 Å². The van der Waals surface area contributed by atoms with E-state index in [1.807, 2.05) is 26.0 Å². The molecule has 0 saturated carbocycles. The monoisotopic (exact) mass is 447 g/mol. The summed E-state index contributed by atoms with van der Waals surface area (Å²) >= 11 is 0. The first-order chi connectivity index (χ1) is 15.5. The summed E-state index contributed by atoms with van der Waals surface area (Å²) in [6.45, 7) is 6.44. The van der Waals surface area contributed by atoms with Crippen LogP contribution in [0.2, 0.25) is 0 Å². The van der Waals surface area contributed by atoms with Crippen LogP contribution in [0.1, 0.15) is 22.3 Å². The molecule has 7 nitrogen and oxygen atoms in total. The van der Waals surface area contributed by atoms with Crippen molar-refractivity contribution in [2.45, 2.75) is 20.4 Å². The number of hydrogen-bond acceptors (Lipinski definition) is 7. The van der Waals surface area contributed by atoms with E-state index in [-0.39, 0.29) is 0 Å². The van der Waals surface area contributed by atoms with Gasteiger partial charge in [0.15, 0.2) is 0 Å². The summed E-state index contributed by atoms with van der Waals surface area (Å²) in [4.78, 5) is 11.1. The Labute approximate surface area is 190 Å². The highest BCUT2D eigenvalue weighted by Crippen LogP contribution is 2.29. The lowest BCUT2D eigenvalue weighted by molar-refractivity contribution is 0.291. The first-order valence-corrected chi connectivity index (χ1v) is 11.9. The zero-order valence-electron chi connectivity index (χ0n) is 18.2. The molecule has 1 aliphatic heterocycles. The number of nitrogens with one attached hydrogen (secondary N) is 1. The van der Waals surface area contributed by atoms with Gasteiger partial charge in [-0.25, -0.2) is 4.98 Å². The van der Waals surface area contributed by atoms with Crippen LogP contribution in [-0.2, 0) is 17.3 Å². The topological polar surface area (TPSA) is 91.1 Å². The lowest BCUT2D eigenvalue weighted by Gasteiger charge is -2.26. The summed E-state index contributed by atoms with van der Waals surface area (Å²) in [5.41, 5.74) is 4.47. The highest BCUT2D eigenvalue weighted by Gasteiger charge is 2.15. The molecule has 2 heterocycles. The second kappa shape index (κ2) is 9.90. The fourth-order valence-electron chi connectivity index (χ4n) is 3.65. The van der Waals surface area contributed by atoms with Crippen LogP contribution in [0.5, 0.6) is 11.6 Å². The van der Waals surface area contributed by atoms with Crippen molar-refractivity contribution in [3.8, 4) is 17.7 Å². The van der Waals surface area contributed by atoms with Gasteiger partial charge in [-0.2, -0.15) is 10.2 Å². The van der Waals surface area contributed by atoms with Crippen molar-refractivity contribution in [3.63, 3.8) is 0 Å². The van der Waals surface area contributed by atoms with E-state index in [2.05, 4.69) is 38.4 Å². The fraction of sp³-hybridized carbons (Fsp3) is 0.292. The standard InChI is InChI=1S/C24H25N5O2S/c1-17-13-20(15-25)14-18(2)23(17)31-22-7-8-26-24(28-22)27-21-5-3-19(4-6-21)16-29-9-11-32(30)12-10-29/h3-8,13-14H,9-12,16H2,1-2H3,(H,26,27,28).